The molecule has 3 unspecified atom stereocenters. The van der Waals surface area contributed by atoms with Gasteiger partial charge < -0.3 is 24.2 Å². The molecule has 1 fully saturated rings. The van der Waals surface area contributed by atoms with E-state index < -0.39 is 5.92 Å². The summed E-state index contributed by atoms with van der Waals surface area (Å²) in [7, 11) is 3.00. The average Bonchev–Trinajstić information content (AvgIpc) is 2.76. The van der Waals surface area contributed by atoms with Crippen molar-refractivity contribution in [3.63, 3.8) is 0 Å². The van der Waals surface area contributed by atoms with Crippen molar-refractivity contribution < 1.29 is 28.9 Å². The number of aromatic nitrogens is 1. The van der Waals surface area contributed by atoms with E-state index in [0.29, 0.717) is 41.4 Å². The van der Waals surface area contributed by atoms with E-state index in [9.17, 15) is 14.7 Å². The van der Waals surface area contributed by atoms with Gasteiger partial charge in [0.05, 0.1) is 26.4 Å². The third-order valence-electron chi connectivity index (χ3n) is 5.60. The van der Waals surface area contributed by atoms with Crippen LogP contribution in [0.15, 0.2) is 30.5 Å². The molecule has 1 amide bonds. The summed E-state index contributed by atoms with van der Waals surface area (Å²) < 4.78 is 16.5. The topological polar surface area (TPSA) is 98.2 Å². The van der Waals surface area contributed by atoms with Crippen LogP contribution in [-0.2, 0) is 9.53 Å². The summed E-state index contributed by atoms with van der Waals surface area (Å²) in [6.07, 6.45) is 1.56. The van der Waals surface area contributed by atoms with Gasteiger partial charge in [0.2, 0.25) is 5.91 Å². The van der Waals surface area contributed by atoms with E-state index in [-0.39, 0.29) is 36.1 Å². The first-order valence-electron chi connectivity index (χ1n) is 10.6. The van der Waals surface area contributed by atoms with E-state index in [1.807, 2.05) is 13.8 Å². The van der Waals surface area contributed by atoms with Gasteiger partial charge in [-0.2, -0.15) is 0 Å². The molecular weight excluding hydrogens is 412 g/mol. The Morgan fingerprint density at radius 3 is 2.41 bits per heavy atom. The van der Waals surface area contributed by atoms with E-state index in [2.05, 4.69) is 4.98 Å². The lowest BCUT2D eigenvalue weighted by Gasteiger charge is -2.36. The maximum absolute atomic E-state index is 13.3. The van der Waals surface area contributed by atoms with Crippen molar-refractivity contribution in [3.8, 4) is 17.2 Å². The lowest BCUT2D eigenvalue weighted by Crippen LogP contribution is -2.48. The molecule has 0 bridgehead atoms. The van der Waals surface area contributed by atoms with Gasteiger partial charge in [-0.1, -0.05) is 6.07 Å². The summed E-state index contributed by atoms with van der Waals surface area (Å²) in [4.78, 5) is 31.0. The van der Waals surface area contributed by atoms with Crippen LogP contribution in [-0.4, -0.2) is 66.2 Å². The van der Waals surface area contributed by atoms with Crippen LogP contribution < -0.4 is 9.47 Å². The zero-order valence-corrected chi connectivity index (χ0v) is 19.1. The summed E-state index contributed by atoms with van der Waals surface area (Å²) in [5.41, 5.74) is 1.49. The predicted molar refractivity (Wildman–Crippen MR) is 119 cm³/mol. The van der Waals surface area contributed by atoms with Crippen LogP contribution in [0, 0.1) is 0 Å². The number of rotatable bonds is 7. The van der Waals surface area contributed by atoms with Gasteiger partial charge in [0, 0.05) is 56.2 Å². The Morgan fingerprint density at radius 2 is 1.88 bits per heavy atom. The molecular formula is C24H30N2O6. The van der Waals surface area contributed by atoms with Crippen molar-refractivity contribution in [2.75, 3.05) is 27.3 Å². The van der Waals surface area contributed by atoms with E-state index in [4.69, 9.17) is 14.2 Å². The molecule has 0 saturated carbocycles. The number of phenolic OH excluding ortho intramolecular Hbond substituents is 1. The second-order valence-corrected chi connectivity index (χ2v) is 8.11. The number of hydrogen-bond donors (Lipinski definition) is 1. The number of aromatic hydroxyl groups is 1. The van der Waals surface area contributed by atoms with Crippen LogP contribution in [0.4, 0.5) is 0 Å². The van der Waals surface area contributed by atoms with E-state index in [1.165, 1.54) is 27.2 Å². The number of phenols is 1. The Bertz CT molecular complexity index is 965. The van der Waals surface area contributed by atoms with Gasteiger partial charge in [-0.05, 0) is 25.5 Å². The largest absolute Gasteiger partial charge is 0.507 e. The zero-order chi connectivity index (χ0) is 23.4. The fourth-order valence-electron chi connectivity index (χ4n) is 4.12. The number of ketones is 1. The Labute approximate surface area is 188 Å². The molecule has 1 N–H and O–H groups in total. The maximum Gasteiger partial charge on any atom is 0.223 e. The third-order valence-corrected chi connectivity index (χ3v) is 5.60. The molecule has 1 aromatic heterocycles. The lowest BCUT2D eigenvalue weighted by molar-refractivity contribution is -0.143. The van der Waals surface area contributed by atoms with Crippen LogP contribution in [0.2, 0.25) is 0 Å². The Hall–Kier alpha value is -3.13. The molecule has 2 aromatic rings. The molecule has 3 rings (SSSR count). The first-order chi connectivity index (χ1) is 15.2. The standard InChI is InChI=1S/C24H30N2O6/c1-14-12-26(13-15(2)32-14)23(29)10-19(17-6-7-20(16(3)27)25-11-17)24-21(28)8-18(30-4)9-22(24)31-5/h6-9,11,14-15,19,28H,10,12-13H2,1-5H3. The highest BCUT2D eigenvalue weighted by Crippen LogP contribution is 2.43. The van der Waals surface area contributed by atoms with Crippen molar-refractivity contribution >= 4 is 11.7 Å². The first-order valence-corrected chi connectivity index (χ1v) is 10.6. The third kappa shape index (κ3) is 5.19. The highest BCUT2D eigenvalue weighted by molar-refractivity contribution is 5.92. The van der Waals surface area contributed by atoms with Crippen LogP contribution in [0.5, 0.6) is 17.2 Å². The number of nitrogens with zero attached hydrogens (tertiary/aromatic N) is 2. The number of morpholine rings is 1. The number of amides is 1. The van der Waals surface area contributed by atoms with Gasteiger partial charge in [-0.3, -0.25) is 14.6 Å². The van der Waals surface area contributed by atoms with Crippen molar-refractivity contribution in [3.05, 3.63) is 47.3 Å². The number of ether oxygens (including phenoxy) is 3. The number of carbonyl (C=O) groups excluding carboxylic acids is 2. The Morgan fingerprint density at radius 1 is 1.19 bits per heavy atom. The average molecular weight is 443 g/mol. The molecule has 0 radical (unpaired) electrons. The highest BCUT2D eigenvalue weighted by atomic mass is 16.5. The maximum atomic E-state index is 13.3. The minimum atomic E-state index is -0.537. The molecule has 1 aliphatic heterocycles. The smallest absolute Gasteiger partial charge is 0.223 e. The first kappa shape index (κ1) is 23.5. The second kappa shape index (κ2) is 9.99. The summed E-state index contributed by atoms with van der Waals surface area (Å²) in [6.45, 7) is 6.33. The van der Waals surface area contributed by atoms with Crippen LogP contribution >= 0.6 is 0 Å². The molecule has 1 aliphatic rings. The molecule has 1 aromatic carbocycles. The van der Waals surface area contributed by atoms with Crippen LogP contribution in [0.25, 0.3) is 0 Å². The number of Topliss-reactive ketones (excluding diaryl/α,β-unsaturated/α-hetero) is 1. The van der Waals surface area contributed by atoms with E-state index >= 15 is 0 Å². The monoisotopic (exact) mass is 442 g/mol. The molecule has 3 atom stereocenters. The predicted octanol–water partition coefficient (Wildman–Crippen LogP) is 3.16. The summed E-state index contributed by atoms with van der Waals surface area (Å²) >= 11 is 0. The number of carbonyl (C=O) groups is 2. The summed E-state index contributed by atoms with van der Waals surface area (Å²) in [6, 6.07) is 6.55. The molecule has 8 nitrogen and oxygen atoms in total. The van der Waals surface area contributed by atoms with Gasteiger partial charge in [-0.25, -0.2) is 0 Å². The van der Waals surface area contributed by atoms with Gasteiger partial charge in [0.15, 0.2) is 5.78 Å². The minimum Gasteiger partial charge on any atom is -0.507 e. The fourth-order valence-corrected chi connectivity index (χ4v) is 4.12. The van der Waals surface area contributed by atoms with Gasteiger partial charge in [0.1, 0.15) is 22.9 Å². The number of hydrogen-bond acceptors (Lipinski definition) is 7. The van der Waals surface area contributed by atoms with E-state index in [0.717, 1.165) is 0 Å². The van der Waals surface area contributed by atoms with Crippen molar-refractivity contribution in [1.29, 1.82) is 0 Å². The Kier molecular flexibility index (Phi) is 7.35. The normalized spacial score (nSPS) is 19.3. The minimum absolute atomic E-state index is 0.0432. The molecule has 8 heteroatoms. The molecule has 32 heavy (non-hydrogen) atoms. The summed E-state index contributed by atoms with van der Waals surface area (Å²) in [5.74, 6) is 0.0482. The van der Waals surface area contributed by atoms with Crippen LogP contribution in [0.1, 0.15) is 54.7 Å². The molecule has 172 valence electrons. The SMILES string of the molecule is COc1cc(O)c(C(CC(=O)N2CC(C)OC(C)C2)c2ccc(C(C)=O)nc2)c(OC)c1. The fraction of sp³-hybridized carbons (Fsp3) is 0.458. The number of benzene rings is 1. The number of pyridine rings is 1. The van der Waals surface area contributed by atoms with Crippen molar-refractivity contribution in [1.82, 2.24) is 9.88 Å². The van der Waals surface area contributed by atoms with Crippen molar-refractivity contribution in [2.24, 2.45) is 0 Å². The molecule has 2 heterocycles. The lowest BCUT2D eigenvalue weighted by atomic mass is 9.87. The van der Waals surface area contributed by atoms with Gasteiger partial charge in [-0.15, -0.1) is 0 Å². The van der Waals surface area contributed by atoms with Crippen LogP contribution in [0.3, 0.4) is 0 Å². The molecule has 1 saturated heterocycles. The molecule has 0 spiro atoms. The van der Waals surface area contributed by atoms with Crippen molar-refractivity contribution in [2.45, 2.75) is 45.3 Å². The quantitative estimate of drug-likeness (QED) is 0.658. The Balaban J connectivity index is 2.02. The zero-order valence-electron chi connectivity index (χ0n) is 19.1. The second-order valence-electron chi connectivity index (χ2n) is 8.11. The van der Waals surface area contributed by atoms with Gasteiger partial charge in [0.25, 0.3) is 0 Å². The summed E-state index contributed by atoms with van der Waals surface area (Å²) in [5, 5.41) is 10.8. The van der Waals surface area contributed by atoms with E-state index in [1.54, 1.807) is 29.3 Å². The molecule has 0 aliphatic carbocycles. The van der Waals surface area contributed by atoms with Gasteiger partial charge >= 0.3 is 0 Å². The number of methoxy groups -OCH3 is 2. The highest BCUT2D eigenvalue weighted by Gasteiger charge is 2.31.